The summed E-state index contributed by atoms with van der Waals surface area (Å²) >= 11 is 0. The van der Waals surface area contributed by atoms with Crippen molar-refractivity contribution in [2.75, 3.05) is 6.54 Å². The molecule has 3 N–H and O–H groups in total. The maximum Gasteiger partial charge on any atom is 0.384 e. The first-order chi connectivity index (χ1) is 12.9. The van der Waals surface area contributed by atoms with Gasteiger partial charge in [0, 0.05) is 6.54 Å². The van der Waals surface area contributed by atoms with E-state index in [4.69, 9.17) is 10.3 Å². The Morgan fingerprint density at radius 3 is 1.33 bits per heavy atom. The normalized spacial score (nSPS) is 16.6. The Hall–Kier alpha value is -1.37. The molecule has 0 fully saturated rings. The van der Waals surface area contributed by atoms with Crippen LogP contribution < -0.4 is 5.73 Å². The summed E-state index contributed by atoms with van der Waals surface area (Å²) in [5.41, 5.74) is -0.816. The minimum absolute atomic E-state index is 0.583. The van der Waals surface area contributed by atoms with Crippen LogP contribution in [-0.2, 0) is 10.1 Å². The summed E-state index contributed by atoms with van der Waals surface area (Å²) in [5, 5.41) is 0. The van der Waals surface area contributed by atoms with E-state index < -0.39 is 57.8 Å². The zero-order chi connectivity index (χ0) is 25.1. The quantitative estimate of drug-likeness (QED) is 0.283. The van der Waals surface area contributed by atoms with Gasteiger partial charge < -0.3 is 5.73 Å². The van der Waals surface area contributed by atoms with E-state index in [9.17, 15) is 69.9 Å². The van der Waals surface area contributed by atoms with Crippen molar-refractivity contribution in [3.05, 3.63) is 12.7 Å². The van der Waals surface area contributed by atoms with Gasteiger partial charge in [0.15, 0.2) is 0 Å². The third-order valence-corrected chi connectivity index (χ3v) is 3.73. The van der Waals surface area contributed by atoms with Crippen molar-refractivity contribution >= 4 is 10.1 Å². The molecule has 0 spiro atoms. The standard InChI is InChI=1S/C8H4F14O3S.C3H7N/c9-1(2(10)11)4(13,14)6(17,18)8(21,22)7(19,20)5(15,16)3(12)26(23,24)25;1-2-3-4/h1-3H,(H,23,24,25);2H,1,3-4H2. The van der Waals surface area contributed by atoms with Crippen molar-refractivity contribution in [2.45, 2.75) is 47.7 Å². The molecule has 30 heavy (non-hydrogen) atoms. The molecular weight excluding hydrogens is 492 g/mol. The first kappa shape index (κ1) is 30.8. The van der Waals surface area contributed by atoms with Crippen LogP contribution in [0.3, 0.4) is 0 Å². The Bertz CT molecular complexity index is 681. The lowest BCUT2D eigenvalue weighted by Gasteiger charge is -2.40. The molecule has 0 aliphatic heterocycles. The summed E-state index contributed by atoms with van der Waals surface area (Å²) in [6, 6.07) is 0. The Labute approximate surface area is 158 Å². The van der Waals surface area contributed by atoms with E-state index in [1.165, 1.54) is 0 Å². The van der Waals surface area contributed by atoms with E-state index >= 15 is 0 Å². The summed E-state index contributed by atoms with van der Waals surface area (Å²) in [5.74, 6) is -39.1. The molecule has 0 aromatic rings. The number of alkyl halides is 14. The van der Waals surface area contributed by atoms with Gasteiger partial charge in [-0.05, 0) is 0 Å². The molecule has 0 heterocycles. The molecule has 2 unspecified atom stereocenters. The summed E-state index contributed by atoms with van der Waals surface area (Å²) in [7, 11) is -6.97. The minimum Gasteiger partial charge on any atom is -0.327 e. The fourth-order valence-electron chi connectivity index (χ4n) is 1.28. The maximum absolute atomic E-state index is 13.0. The van der Waals surface area contributed by atoms with Crippen molar-refractivity contribution in [3.8, 4) is 0 Å². The molecule has 0 radical (unpaired) electrons. The summed E-state index contributed by atoms with van der Waals surface area (Å²) in [4.78, 5) is 0. The van der Waals surface area contributed by atoms with Crippen LogP contribution in [0.15, 0.2) is 12.7 Å². The highest BCUT2D eigenvalue weighted by atomic mass is 32.2. The Morgan fingerprint density at radius 1 is 0.800 bits per heavy atom. The predicted octanol–water partition coefficient (Wildman–Crippen LogP) is 4.08. The van der Waals surface area contributed by atoms with Crippen molar-refractivity contribution in [2.24, 2.45) is 5.73 Å². The van der Waals surface area contributed by atoms with Crippen LogP contribution in [0.2, 0.25) is 0 Å². The molecule has 0 amide bonds. The number of nitrogens with two attached hydrogens (primary N) is 1. The highest BCUT2D eigenvalue weighted by Crippen LogP contribution is 2.59. The van der Waals surface area contributed by atoms with Gasteiger partial charge in [0.1, 0.15) is 0 Å². The Kier molecular flexibility index (Phi) is 9.67. The molecule has 0 aromatic carbocycles. The van der Waals surface area contributed by atoms with Crippen molar-refractivity contribution in [3.63, 3.8) is 0 Å². The highest BCUT2D eigenvalue weighted by molar-refractivity contribution is 7.86. The van der Waals surface area contributed by atoms with Crippen molar-refractivity contribution in [1.82, 2.24) is 0 Å². The van der Waals surface area contributed by atoms with E-state index in [2.05, 4.69) is 6.58 Å². The average Bonchev–Trinajstić information content (AvgIpc) is 2.58. The predicted molar refractivity (Wildman–Crippen MR) is 71.3 cm³/mol. The molecule has 4 nitrogen and oxygen atoms in total. The monoisotopic (exact) mass is 503 g/mol. The highest BCUT2D eigenvalue weighted by Gasteiger charge is 2.89. The van der Waals surface area contributed by atoms with E-state index in [1.54, 1.807) is 6.08 Å². The van der Waals surface area contributed by atoms with Gasteiger partial charge in [-0.15, -0.1) is 6.58 Å². The third kappa shape index (κ3) is 5.27. The summed E-state index contributed by atoms with van der Waals surface area (Å²) in [6.45, 7) is 3.94. The lowest BCUT2D eigenvalue weighted by molar-refractivity contribution is -0.412. The van der Waals surface area contributed by atoms with Crippen LogP contribution in [0.4, 0.5) is 61.5 Å². The van der Waals surface area contributed by atoms with Gasteiger partial charge in [-0.25, -0.2) is 17.6 Å². The molecule has 19 heteroatoms. The third-order valence-electron chi connectivity index (χ3n) is 2.91. The SMILES string of the molecule is C=CCN.O=S(=O)(O)C(F)C(F)(F)C(F)(F)C(F)(F)C(F)(F)C(F)(F)C(F)C(F)F. The molecule has 0 bridgehead atoms. The fraction of sp³-hybridized carbons (Fsp3) is 0.818. The molecule has 182 valence electrons. The number of rotatable bonds is 9. The molecule has 0 saturated carbocycles. The van der Waals surface area contributed by atoms with Gasteiger partial charge in [-0.3, -0.25) is 4.55 Å². The Balaban J connectivity index is 0. The second-order valence-corrected chi connectivity index (χ2v) is 6.50. The number of hydrogen-bond acceptors (Lipinski definition) is 3. The zero-order valence-electron chi connectivity index (χ0n) is 13.8. The van der Waals surface area contributed by atoms with Crippen molar-refractivity contribution in [1.29, 1.82) is 0 Å². The van der Waals surface area contributed by atoms with Crippen LogP contribution in [0.5, 0.6) is 0 Å². The molecule has 2 atom stereocenters. The smallest absolute Gasteiger partial charge is 0.327 e. The van der Waals surface area contributed by atoms with Crippen LogP contribution in [-0.4, -0.2) is 67.2 Å². The van der Waals surface area contributed by atoms with Gasteiger partial charge in [0.05, 0.1) is 0 Å². The van der Waals surface area contributed by atoms with Crippen molar-refractivity contribution < 1.29 is 74.4 Å². The minimum atomic E-state index is -8.18. The average molecular weight is 503 g/mol. The maximum atomic E-state index is 13.0. The van der Waals surface area contributed by atoms with Crippen LogP contribution in [0.25, 0.3) is 0 Å². The molecule has 0 saturated heterocycles. The van der Waals surface area contributed by atoms with Crippen LogP contribution >= 0.6 is 0 Å². The second-order valence-electron chi connectivity index (χ2n) is 5.06. The first-order valence-electron chi connectivity index (χ1n) is 6.65. The van der Waals surface area contributed by atoms with Crippen LogP contribution in [0.1, 0.15) is 0 Å². The number of hydrogen-bond donors (Lipinski definition) is 2. The molecule has 0 aliphatic carbocycles. The van der Waals surface area contributed by atoms with Gasteiger partial charge in [0.2, 0.25) is 6.17 Å². The Morgan fingerprint density at radius 2 is 1.10 bits per heavy atom. The molecule has 0 aliphatic rings. The summed E-state index contributed by atoms with van der Waals surface area (Å²) in [6.07, 6.45) is -9.08. The van der Waals surface area contributed by atoms with E-state index in [0.29, 0.717) is 6.54 Å². The van der Waals surface area contributed by atoms with E-state index in [-0.39, 0.29) is 0 Å². The van der Waals surface area contributed by atoms with Crippen LogP contribution in [0, 0.1) is 0 Å². The molecule has 0 aromatic heterocycles. The van der Waals surface area contributed by atoms with Gasteiger partial charge in [-0.2, -0.15) is 52.3 Å². The topological polar surface area (TPSA) is 80.4 Å². The second kappa shape index (κ2) is 9.41. The van der Waals surface area contributed by atoms with E-state index in [0.717, 1.165) is 0 Å². The fourth-order valence-corrected chi connectivity index (χ4v) is 1.80. The largest absolute Gasteiger partial charge is 0.384 e. The van der Waals surface area contributed by atoms with Gasteiger partial charge in [0.25, 0.3) is 11.9 Å². The molecule has 0 rings (SSSR count). The lowest BCUT2D eigenvalue weighted by atomic mass is 9.92. The first-order valence-corrected chi connectivity index (χ1v) is 8.15. The zero-order valence-corrected chi connectivity index (χ0v) is 14.6. The van der Waals surface area contributed by atoms with E-state index in [1.807, 2.05) is 0 Å². The van der Waals surface area contributed by atoms with Gasteiger partial charge in [-0.1, -0.05) is 6.08 Å². The lowest BCUT2D eigenvalue weighted by Crippen LogP contribution is -2.71. The number of halogens is 14. The summed E-state index contributed by atoms with van der Waals surface area (Å²) < 4.78 is 206. The molecular formula is C11H11F14NO3S. The van der Waals surface area contributed by atoms with Gasteiger partial charge >= 0.3 is 39.7 Å².